The lowest BCUT2D eigenvalue weighted by atomic mass is 9.92. The Bertz CT molecular complexity index is 298. The van der Waals surface area contributed by atoms with Gasteiger partial charge in [0.15, 0.2) is 12.6 Å². The van der Waals surface area contributed by atoms with Crippen molar-refractivity contribution in [1.29, 1.82) is 0 Å². The molecule has 0 bridgehead atoms. The van der Waals surface area contributed by atoms with Gasteiger partial charge in [0, 0.05) is 12.8 Å². The summed E-state index contributed by atoms with van der Waals surface area (Å²) in [6.07, 6.45) is 6.90. The maximum absolute atomic E-state index is 11.5. The molecule has 1 aliphatic heterocycles. The lowest BCUT2D eigenvalue weighted by molar-refractivity contribution is -0.572. The summed E-state index contributed by atoms with van der Waals surface area (Å²) in [4.78, 5) is 11.5. The number of esters is 1. The fourth-order valence-corrected chi connectivity index (χ4v) is 3.13. The van der Waals surface area contributed by atoms with E-state index in [1.54, 1.807) is 11.8 Å². The molecule has 0 radical (unpaired) electrons. The number of carbonyl (C=O) groups excluding carboxylic acids is 1. The molecule has 2 aliphatic rings. The molecule has 1 aliphatic carbocycles. The predicted octanol–water partition coefficient (Wildman–Crippen LogP) is 2.53. The summed E-state index contributed by atoms with van der Waals surface area (Å²) in [7, 11) is 1.48. The molecule has 17 heavy (non-hydrogen) atoms. The van der Waals surface area contributed by atoms with Crippen molar-refractivity contribution in [3.05, 3.63) is 0 Å². The summed E-state index contributed by atoms with van der Waals surface area (Å²) in [6.45, 7) is 4.87. The second-order valence-electron chi connectivity index (χ2n) is 4.26. The van der Waals surface area contributed by atoms with Crippen molar-refractivity contribution >= 4 is 22.8 Å². The molecule has 0 saturated heterocycles. The van der Waals surface area contributed by atoms with Gasteiger partial charge in [0.05, 0.1) is 13.5 Å². The average molecular weight is 258 g/mol. The van der Waals surface area contributed by atoms with E-state index >= 15 is 0 Å². The molecule has 3 nitrogen and oxygen atoms in total. The molecule has 1 unspecified atom stereocenters. The molecule has 0 aromatic rings. The van der Waals surface area contributed by atoms with Crippen molar-refractivity contribution in [1.82, 2.24) is 0 Å². The summed E-state index contributed by atoms with van der Waals surface area (Å²) in [6, 6.07) is 0.696. The van der Waals surface area contributed by atoms with Crippen LogP contribution in [0.3, 0.4) is 0 Å². The minimum absolute atomic E-state index is 0.0524. The zero-order valence-electron chi connectivity index (χ0n) is 11.4. The highest BCUT2D eigenvalue weighted by atomic mass is 32.2. The van der Waals surface area contributed by atoms with Crippen LogP contribution < -0.4 is 0 Å². The van der Waals surface area contributed by atoms with Gasteiger partial charge in [0.2, 0.25) is 5.04 Å². The monoisotopic (exact) mass is 258 g/mol. The highest BCUT2D eigenvalue weighted by Crippen LogP contribution is 2.29. The van der Waals surface area contributed by atoms with Crippen LogP contribution in [0.25, 0.3) is 0 Å². The van der Waals surface area contributed by atoms with Crippen molar-refractivity contribution < 1.29 is 14.1 Å². The fraction of sp³-hybridized carbons (Fsp3) is 0.846. The second kappa shape index (κ2) is 7.04. The molecule has 1 fully saturated rings. The third-order valence-electron chi connectivity index (χ3n) is 3.44. The van der Waals surface area contributed by atoms with Crippen molar-refractivity contribution in [2.24, 2.45) is 5.92 Å². The molecule has 1 atom stereocenters. The number of hydrogen-bond donors (Lipinski definition) is 0. The first-order valence-corrected chi connectivity index (χ1v) is 7.73. The van der Waals surface area contributed by atoms with Crippen molar-refractivity contribution in [2.45, 2.75) is 45.6 Å². The number of rotatable bonds is 2. The van der Waals surface area contributed by atoms with Gasteiger partial charge >= 0.3 is 5.97 Å². The zero-order chi connectivity index (χ0) is 12.8. The van der Waals surface area contributed by atoms with E-state index in [1.807, 2.05) is 13.8 Å². The van der Waals surface area contributed by atoms with Crippen molar-refractivity contribution in [3.8, 4) is 0 Å². The summed E-state index contributed by atoms with van der Waals surface area (Å²) < 4.78 is 7.24. The highest BCUT2D eigenvalue weighted by Gasteiger charge is 2.41. The minimum atomic E-state index is -0.0524. The fourth-order valence-electron chi connectivity index (χ4n) is 2.31. The number of carbonyl (C=O) groups is 1. The molecule has 0 aromatic heterocycles. The number of thioether (sulfide) groups is 1. The first kappa shape index (κ1) is 14.6. The van der Waals surface area contributed by atoms with E-state index in [9.17, 15) is 4.79 Å². The Hall–Kier alpha value is -0.510. The Labute approximate surface area is 109 Å². The van der Waals surface area contributed by atoms with Gasteiger partial charge in [0.1, 0.15) is 5.92 Å². The summed E-state index contributed by atoms with van der Waals surface area (Å²) >= 11 is 1.78. The third-order valence-corrected chi connectivity index (χ3v) is 4.32. The lowest BCUT2D eigenvalue weighted by Crippen LogP contribution is -2.35. The van der Waals surface area contributed by atoms with Gasteiger partial charge in [-0.1, -0.05) is 25.6 Å². The maximum atomic E-state index is 11.5. The molecule has 0 spiro atoms. The van der Waals surface area contributed by atoms with Crippen LogP contribution in [0.15, 0.2) is 0 Å². The molecular formula is C13H24NO2S+. The highest BCUT2D eigenvalue weighted by molar-refractivity contribution is 8.13. The van der Waals surface area contributed by atoms with Crippen LogP contribution in [0, 0.1) is 5.92 Å². The summed E-state index contributed by atoms with van der Waals surface area (Å²) in [5.74, 6) is 0.0152. The van der Waals surface area contributed by atoms with Gasteiger partial charge in [-0.2, -0.15) is 0 Å². The van der Waals surface area contributed by atoms with E-state index in [4.69, 9.17) is 4.74 Å². The lowest BCUT2D eigenvalue weighted by Gasteiger charge is -2.22. The SMILES string of the molecule is CC.COC(=O)C1CC(SC)=[N+](C2CCC2)C1. The Kier molecular flexibility index (Phi) is 6.03. The molecule has 98 valence electrons. The van der Waals surface area contributed by atoms with E-state index in [1.165, 1.54) is 31.4 Å². The van der Waals surface area contributed by atoms with Crippen LogP contribution in [0.4, 0.5) is 0 Å². The second-order valence-corrected chi connectivity index (χ2v) is 5.14. The molecule has 1 saturated carbocycles. The van der Waals surface area contributed by atoms with Crippen LogP contribution in [0.1, 0.15) is 39.5 Å². The van der Waals surface area contributed by atoms with Gasteiger partial charge in [-0.3, -0.25) is 4.79 Å². The van der Waals surface area contributed by atoms with Crippen molar-refractivity contribution in [3.63, 3.8) is 0 Å². The number of nitrogens with zero attached hydrogens (tertiary/aromatic N) is 1. The molecule has 0 amide bonds. The van der Waals surface area contributed by atoms with E-state index in [-0.39, 0.29) is 11.9 Å². The van der Waals surface area contributed by atoms with Crippen LogP contribution in [0.2, 0.25) is 0 Å². The first-order valence-electron chi connectivity index (χ1n) is 6.50. The molecule has 0 aromatic carbocycles. The number of hydrogen-bond acceptors (Lipinski definition) is 3. The average Bonchev–Trinajstić information content (AvgIpc) is 2.72. The molecule has 4 heteroatoms. The van der Waals surface area contributed by atoms with Gasteiger partial charge in [0.25, 0.3) is 0 Å². The Morgan fingerprint density at radius 1 is 1.41 bits per heavy atom. The Morgan fingerprint density at radius 3 is 2.47 bits per heavy atom. The topological polar surface area (TPSA) is 29.3 Å². The molecule has 0 N–H and O–H groups in total. The predicted molar refractivity (Wildman–Crippen MR) is 72.8 cm³/mol. The van der Waals surface area contributed by atoms with Crippen LogP contribution in [0.5, 0.6) is 0 Å². The Morgan fingerprint density at radius 2 is 2.06 bits per heavy atom. The summed E-state index contributed by atoms with van der Waals surface area (Å²) in [5.41, 5.74) is 0. The molecule has 2 rings (SSSR count). The van der Waals surface area contributed by atoms with Gasteiger partial charge in [-0.05, 0) is 12.7 Å². The van der Waals surface area contributed by atoms with Crippen LogP contribution in [-0.4, -0.2) is 41.5 Å². The maximum Gasteiger partial charge on any atom is 0.315 e. The Balaban J connectivity index is 0.000000686. The van der Waals surface area contributed by atoms with Gasteiger partial charge in [-0.25, -0.2) is 4.58 Å². The van der Waals surface area contributed by atoms with E-state index in [2.05, 4.69) is 10.8 Å². The van der Waals surface area contributed by atoms with E-state index in [0.29, 0.717) is 6.04 Å². The summed E-state index contributed by atoms with van der Waals surface area (Å²) in [5, 5.41) is 1.37. The smallest absolute Gasteiger partial charge is 0.315 e. The first-order chi connectivity index (χ1) is 8.26. The minimum Gasteiger partial charge on any atom is -0.469 e. The van der Waals surface area contributed by atoms with E-state index < -0.39 is 0 Å². The van der Waals surface area contributed by atoms with Gasteiger partial charge in [-0.15, -0.1) is 0 Å². The van der Waals surface area contributed by atoms with Crippen LogP contribution >= 0.6 is 11.8 Å². The van der Waals surface area contributed by atoms with Crippen LogP contribution in [-0.2, 0) is 9.53 Å². The zero-order valence-corrected chi connectivity index (χ0v) is 12.2. The number of methoxy groups -OCH3 is 1. The number of ether oxygens (including phenoxy) is 1. The standard InChI is InChI=1S/C11H18NO2S.C2H6/c1-14-11(13)8-6-10(15-2)12(7-8)9-4-3-5-9;1-2/h8-9H,3-7H2,1-2H3;1-2H3/q+1;. The third kappa shape index (κ3) is 3.24. The van der Waals surface area contributed by atoms with Crippen molar-refractivity contribution in [2.75, 3.05) is 19.9 Å². The quantitative estimate of drug-likeness (QED) is 0.563. The molecular weight excluding hydrogens is 234 g/mol. The largest absolute Gasteiger partial charge is 0.469 e. The molecule has 1 heterocycles. The van der Waals surface area contributed by atoms with Gasteiger partial charge < -0.3 is 4.74 Å². The normalized spacial score (nSPS) is 23.9. The van der Waals surface area contributed by atoms with E-state index in [0.717, 1.165) is 13.0 Å².